The monoisotopic (exact) mass is 294 g/mol. The lowest BCUT2D eigenvalue weighted by atomic mass is 9.95. The normalized spacial score (nSPS) is 26.8. The highest BCUT2D eigenvalue weighted by atomic mass is 32.1. The van der Waals surface area contributed by atoms with Crippen LogP contribution in [0.15, 0.2) is 0 Å². The number of aromatic nitrogens is 3. The molecule has 1 aromatic rings. The highest BCUT2D eigenvalue weighted by molar-refractivity contribution is 7.71. The van der Waals surface area contributed by atoms with Gasteiger partial charge in [0.1, 0.15) is 5.82 Å². The molecule has 3 rings (SSSR count). The maximum atomic E-state index is 12.2. The van der Waals surface area contributed by atoms with Crippen molar-refractivity contribution < 1.29 is 4.79 Å². The number of carbonyl (C=O) groups excluding carboxylic acids is 1. The summed E-state index contributed by atoms with van der Waals surface area (Å²) in [5, 5.41) is 7.27. The topological polar surface area (TPSA) is 53.9 Å². The molecule has 1 aromatic heterocycles. The Balaban J connectivity index is 1.63. The molecular formula is C14H22N4OS. The summed E-state index contributed by atoms with van der Waals surface area (Å²) in [6.45, 7) is 6.81. The Morgan fingerprint density at radius 1 is 1.45 bits per heavy atom. The SMILES string of the molecule is CCn1c(C2CCN(C(=O)[C@@H]3C[C@H]3C)CC2)n[nH]c1=S. The van der Waals surface area contributed by atoms with Crippen molar-refractivity contribution in [3.05, 3.63) is 10.6 Å². The largest absolute Gasteiger partial charge is 0.342 e. The van der Waals surface area contributed by atoms with Crippen LogP contribution in [0, 0.1) is 16.6 Å². The highest BCUT2D eigenvalue weighted by Crippen LogP contribution is 2.40. The Morgan fingerprint density at radius 2 is 2.10 bits per heavy atom. The predicted octanol–water partition coefficient (Wildman–Crippen LogP) is 2.32. The van der Waals surface area contributed by atoms with E-state index in [1.807, 2.05) is 4.90 Å². The van der Waals surface area contributed by atoms with E-state index in [0.29, 0.717) is 28.4 Å². The van der Waals surface area contributed by atoms with E-state index < -0.39 is 0 Å². The summed E-state index contributed by atoms with van der Waals surface area (Å²) in [6.07, 6.45) is 3.06. The molecule has 2 atom stereocenters. The molecule has 1 aliphatic heterocycles. The van der Waals surface area contributed by atoms with E-state index in [0.717, 1.165) is 44.7 Å². The molecule has 0 bridgehead atoms. The number of aromatic amines is 1. The van der Waals surface area contributed by atoms with Gasteiger partial charge in [-0.05, 0) is 44.3 Å². The quantitative estimate of drug-likeness (QED) is 0.871. The molecule has 20 heavy (non-hydrogen) atoms. The molecule has 2 aliphatic rings. The molecule has 0 spiro atoms. The fourth-order valence-electron chi connectivity index (χ4n) is 3.21. The van der Waals surface area contributed by atoms with Crippen LogP contribution in [0.2, 0.25) is 0 Å². The van der Waals surface area contributed by atoms with Gasteiger partial charge in [-0.15, -0.1) is 0 Å². The molecule has 1 saturated carbocycles. The summed E-state index contributed by atoms with van der Waals surface area (Å²) in [6, 6.07) is 0. The number of hydrogen-bond donors (Lipinski definition) is 1. The van der Waals surface area contributed by atoms with Crippen LogP contribution >= 0.6 is 12.2 Å². The molecule has 0 unspecified atom stereocenters. The molecule has 0 radical (unpaired) electrons. The first-order valence-electron chi connectivity index (χ1n) is 7.55. The molecule has 1 saturated heterocycles. The van der Waals surface area contributed by atoms with E-state index in [4.69, 9.17) is 12.2 Å². The third-order valence-corrected chi connectivity index (χ3v) is 5.01. The van der Waals surface area contributed by atoms with Gasteiger partial charge in [0.2, 0.25) is 5.91 Å². The second kappa shape index (κ2) is 5.31. The second-order valence-electron chi connectivity index (χ2n) is 6.05. The third-order valence-electron chi connectivity index (χ3n) is 4.70. The van der Waals surface area contributed by atoms with Crippen molar-refractivity contribution in [1.29, 1.82) is 0 Å². The first-order valence-corrected chi connectivity index (χ1v) is 7.96. The predicted molar refractivity (Wildman–Crippen MR) is 78.9 cm³/mol. The van der Waals surface area contributed by atoms with E-state index in [1.165, 1.54) is 0 Å². The Morgan fingerprint density at radius 3 is 2.65 bits per heavy atom. The molecular weight excluding hydrogens is 272 g/mol. The van der Waals surface area contributed by atoms with E-state index in [9.17, 15) is 4.79 Å². The van der Waals surface area contributed by atoms with Crippen LogP contribution in [0.4, 0.5) is 0 Å². The zero-order chi connectivity index (χ0) is 14.3. The molecule has 6 heteroatoms. The van der Waals surface area contributed by atoms with Gasteiger partial charge < -0.3 is 9.47 Å². The van der Waals surface area contributed by atoms with Gasteiger partial charge in [0.25, 0.3) is 0 Å². The van der Waals surface area contributed by atoms with Crippen LogP contribution in [-0.4, -0.2) is 38.7 Å². The first-order chi connectivity index (χ1) is 9.61. The number of nitrogens with zero attached hydrogens (tertiary/aromatic N) is 3. The second-order valence-corrected chi connectivity index (χ2v) is 6.44. The van der Waals surface area contributed by atoms with E-state index in [1.54, 1.807) is 0 Å². The lowest BCUT2D eigenvalue weighted by Gasteiger charge is -2.31. The molecule has 110 valence electrons. The number of nitrogens with one attached hydrogen (secondary N) is 1. The fraction of sp³-hybridized carbons (Fsp3) is 0.786. The summed E-state index contributed by atoms with van der Waals surface area (Å²) in [5.41, 5.74) is 0. The summed E-state index contributed by atoms with van der Waals surface area (Å²) >= 11 is 5.24. The lowest BCUT2D eigenvalue weighted by molar-refractivity contribution is -0.133. The van der Waals surface area contributed by atoms with Gasteiger partial charge in [0.05, 0.1) is 0 Å². The average molecular weight is 294 g/mol. The minimum Gasteiger partial charge on any atom is -0.342 e. The standard InChI is InChI=1S/C14H22N4OS/c1-3-18-12(15-16-14(18)20)10-4-6-17(7-5-10)13(19)11-8-9(11)2/h9-11H,3-8H2,1-2H3,(H,16,20)/t9-,11-/m1/s1. The average Bonchev–Trinajstić information content (AvgIpc) is 3.07. The zero-order valence-electron chi connectivity index (χ0n) is 12.1. The van der Waals surface area contributed by atoms with Gasteiger partial charge in [-0.2, -0.15) is 5.10 Å². The smallest absolute Gasteiger partial charge is 0.225 e. The number of amides is 1. The number of likely N-dealkylation sites (tertiary alicyclic amines) is 1. The molecule has 0 aromatic carbocycles. The van der Waals surface area contributed by atoms with E-state index in [2.05, 4.69) is 28.6 Å². The Bertz CT molecular complexity index is 556. The van der Waals surface area contributed by atoms with Gasteiger partial charge >= 0.3 is 0 Å². The van der Waals surface area contributed by atoms with Crippen molar-refractivity contribution in [3.8, 4) is 0 Å². The van der Waals surface area contributed by atoms with Gasteiger partial charge in [-0.25, -0.2) is 0 Å². The van der Waals surface area contributed by atoms with Crippen LogP contribution in [-0.2, 0) is 11.3 Å². The Hall–Kier alpha value is -1.17. The van der Waals surface area contributed by atoms with Gasteiger partial charge in [-0.1, -0.05) is 6.92 Å². The number of piperidine rings is 1. The minimum absolute atomic E-state index is 0.303. The number of hydrogen-bond acceptors (Lipinski definition) is 3. The minimum atomic E-state index is 0.303. The summed E-state index contributed by atoms with van der Waals surface area (Å²) < 4.78 is 2.77. The van der Waals surface area contributed by atoms with E-state index >= 15 is 0 Å². The van der Waals surface area contributed by atoms with Crippen LogP contribution < -0.4 is 0 Å². The van der Waals surface area contributed by atoms with Crippen molar-refractivity contribution in [2.75, 3.05) is 13.1 Å². The molecule has 1 aliphatic carbocycles. The first kappa shape index (κ1) is 13.8. The van der Waals surface area contributed by atoms with Crippen LogP contribution in [0.5, 0.6) is 0 Å². The Labute approximate surface area is 124 Å². The molecule has 5 nitrogen and oxygen atoms in total. The third kappa shape index (κ3) is 2.41. The fourth-order valence-corrected chi connectivity index (χ4v) is 3.47. The summed E-state index contributed by atoms with van der Waals surface area (Å²) in [4.78, 5) is 14.3. The van der Waals surface area contributed by atoms with E-state index in [-0.39, 0.29) is 0 Å². The van der Waals surface area contributed by atoms with Gasteiger partial charge in [0, 0.05) is 31.5 Å². The number of rotatable bonds is 3. The molecule has 2 fully saturated rings. The van der Waals surface area contributed by atoms with Gasteiger partial charge in [0.15, 0.2) is 4.77 Å². The Kier molecular flexibility index (Phi) is 3.67. The van der Waals surface area contributed by atoms with Crippen LogP contribution in [0.1, 0.15) is 44.9 Å². The van der Waals surface area contributed by atoms with Crippen molar-refractivity contribution in [2.24, 2.45) is 11.8 Å². The lowest BCUT2D eigenvalue weighted by Crippen LogP contribution is -2.39. The summed E-state index contributed by atoms with van der Waals surface area (Å²) in [7, 11) is 0. The zero-order valence-corrected chi connectivity index (χ0v) is 12.9. The van der Waals surface area contributed by atoms with Crippen molar-refractivity contribution >= 4 is 18.1 Å². The molecule has 1 N–H and O–H groups in total. The van der Waals surface area contributed by atoms with Crippen LogP contribution in [0.3, 0.4) is 0 Å². The maximum absolute atomic E-state index is 12.2. The van der Waals surface area contributed by atoms with Crippen LogP contribution in [0.25, 0.3) is 0 Å². The number of H-pyrrole nitrogens is 1. The molecule has 2 heterocycles. The number of carbonyl (C=O) groups is 1. The van der Waals surface area contributed by atoms with Crippen molar-refractivity contribution in [3.63, 3.8) is 0 Å². The van der Waals surface area contributed by atoms with Gasteiger partial charge in [-0.3, -0.25) is 9.89 Å². The maximum Gasteiger partial charge on any atom is 0.225 e. The van der Waals surface area contributed by atoms with Crippen molar-refractivity contribution in [2.45, 2.75) is 45.6 Å². The molecule has 1 amide bonds. The summed E-state index contributed by atoms with van der Waals surface area (Å²) in [5.74, 6) is 2.74. The van der Waals surface area contributed by atoms with Crippen molar-refractivity contribution in [1.82, 2.24) is 19.7 Å². The highest BCUT2D eigenvalue weighted by Gasteiger charge is 2.42.